The van der Waals surface area contributed by atoms with Gasteiger partial charge in [0.25, 0.3) is 5.91 Å². The van der Waals surface area contributed by atoms with E-state index in [9.17, 15) is 4.79 Å². The van der Waals surface area contributed by atoms with Gasteiger partial charge in [-0.05, 0) is 6.92 Å². The van der Waals surface area contributed by atoms with Crippen LogP contribution in [0.25, 0.3) is 0 Å². The van der Waals surface area contributed by atoms with Crippen LogP contribution in [0.5, 0.6) is 0 Å². The predicted octanol–water partition coefficient (Wildman–Crippen LogP) is -0.656. The number of fused-ring (bicyclic) bond motifs is 1. The van der Waals surface area contributed by atoms with Crippen LogP contribution in [-0.4, -0.2) is 29.7 Å². The molecule has 0 spiro atoms. The maximum atomic E-state index is 11.0. The molecule has 5 heteroatoms. The Bertz CT molecular complexity index is 302. The van der Waals surface area contributed by atoms with Crippen LogP contribution >= 0.6 is 0 Å². The molecule has 2 aliphatic heterocycles. The summed E-state index contributed by atoms with van der Waals surface area (Å²) in [5, 5.41) is 3.87. The van der Waals surface area contributed by atoms with E-state index >= 15 is 0 Å². The third kappa shape index (κ3) is 0.772. The molecule has 0 radical (unpaired) electrons. The first-order valence-electron chi connectivity index (χ1n) is 3.23. The number of aliphatic imine (C=N–C) groups is 2. The number of carbonyl (C=O) groups is 1. The van der Waals surface area contributed by atoms with E-state index in [1.54, 1.807) is 6.92 Å². The number of rotatable bonds is 0. The van der Waals surface area contributed by atoms with Crippen LogP contribution in [0.4, 0.5) is 0 Å². The average molecular weight is 150 g/mol. The van der Waals surface area contributed by atoms with E-state index in [-0.39, 0.29) is 5.91 Å². The second-order valence-corrected chi connectivity index (χ2v) is 2.36. The highest BCUT2D eigenvalue weighted by molar-refractivity contribution is 6.50. The monoisotopic (exact) mass is 150 g/mol. The van der Waals surface area contributed by atoms with Gasteiger partial charge in [0.05, 0.1) is 11.4 Å². The maximum absolute atomic E-state index is 11.0. The van der Waals surface area contributed by atoms with Crippen molar-refractivity contribution < 1.29 is 4.79 Å². The summed E-state index contributed by atoms with van der Waals surface area (Å²) in [6, 6.07) is -0.431. The van der Waals surface area contributed by atoms with Gasteiger partial charge in [0.2, 0.25) is 0 Å². The number of hydrogen-bond acceptors (Lipinski definition) is 4. The van der Waals surface area contributed by atoms with Crippen LogP contribution < -0.4 is 5.43 Å². The van der Waals surface area contributed by atoms with E-state index in [0.717, 1.165) is 5.71 Å². The standard InChI is InChI=1S/C6H6N4O/c1-3-4-5(10-9-3)6(11)8-2-7-4/h2,5,10H,1H3. The largest absolute Gasteiger partial charge is 0.291 e. The SMILES string of the molecule is CC1=NNC2C(=O)N=CN=C12. The minimum atomic E-state index is -0.431. The van der Waals surface area contributed by atoms with E-state index in [1.807, 2.05) is 0 Å². The Morgan fingerprint density at radius 3 is 3.18 bits per heavy atom. The Balaban J connectivity index is 2.42. The molecule has 1 unspecified atom stereocenters. The number of hydrazone groups is 1. The van der Waals surface area contributed by atoms with Crippen molar-refractivity contribution in [3.63, 3.8) is 0 Å². The summed E-state index contributed by atoms with van der Waals surface area (Å²) < 4.78 is 0. The molecular formula is C6H6N4O. The van der Waals surface area contributed by atoms with Gasteiger partial charge in [0.1, 0.15) is 6.34 Å². The lowest BCUT2D eigenvalue weighted by Gasteiger charge is -2.08. The Labute approximate surface area is 62.9 Å². The fraction of sp³-hybridized carbons (Fsp3) is 0.333. The smallest absolute Gasteiger partial charge is 0.277 e. The van der Waals surface area contributed by atoms with Crippen LogP contribution in [0, 0.1) is 0 Å². The van der Waals surface area contributed by atoms with E-state index in [1.165, 1.54) is 6.34 Å². The van der Waals surface area contributed by atoms with Gasteiger partial charge >= 0.3 is 0 Å². The van der Waals surface area contributed by atoms with Gasteiger partial charge in [-0.15, -0.1) is 0 Å². The summed E-state index contributed by atoms with van der Waals surface area (Å²) in [6.45, 7) is 1.80. The normalized spacial score (nSPS) is 27.4. The topological polar surface area (TPSA) is 66.2 Å². The highest BCUT2D eigenvalue weighted by atomic mass is 16.2. The maximum Gasteiger partial charge on any atom is 0.277 e. The van der Waals surface area contributed by atoms with E-state index in [2.05, 4.69) is 20.5 Å². The molecule has 1 atom stereocenters. The Kier molecular flexibility index (Phi) is 1.12. The highest BCUT2D eigenvalue weighted by Gasteiger charge is 2.31. The van der Waals surface area contributed by atoms with Crippen molar-refractivity contribution in [2.75, 3.05) is 0 Å². The van der Waals surface area contributed by atoms with Crippen LogP contribution in [0.1, 0.15) is 6.92 Å². The van der Waals surface area contributed by atoms with Crippen LogP contribution in [0.15, 0.2) is 15.1 Å². The van der Waals surface area contributed by atoms with Gasteiger partial charge in [-0.25, -0.2) is 4.99 Å². The third-order valence-electron chi connectivity index (χ3n) is 1.63. The van der Waals surface area contributed by atoms with Gasteiger partial charge in [0.15, 0.2) is 6.04 Å². The summed E-state index contributed by atoms with van der Waals surface area (Å²) in [6.07, 6.45) is 1.26. The molecule has 0 bridgehead atoms. The second-order valence-electron chi connectivity index (χ2n) is 2.36. The van der Waals surface area contributed by atoms with Gasteiger partial charge < -0.3 is 0 Å². The first-order valence-corrected chi connectivity index (χ1v) is 3.23. The molecule has 2 rings (SSSR count). The van der Waals surface area contributed by atoms with Gasteiger partial charge in [-0.2, -0.15) is 10.1 Å². The number of amides is 1. The molecule has 0 saturated carbocycles. The molecule has 56 valence electrons. The molecule has 0 saturated heterocycles. The molecule has 1 N–H and O–H groups in total. The van der Waals surface area contributed by atoms with Crippen molar-refractivity contribution in [2.24, 2.45) is 15.1 Å². The highest BCUT2D eigenvalue weighted by Crippen LogP contribution is 2.05. The lowest BCUT2D eigenvalue weighted by Crippen LogP contribution is -2.38. The molecule has 5 nitrogen and oxygen atoms in total. The summed E-state index contributed by atoms with van der Waals surface area (Å²) >= 11 is 0. The van der Waals surface area contributed by atoms with Crippen LogP contribution in [0.3, 0.4) is 0 Å². The van der Waals surface area contributed by atoms with Gasteiger partial charge in [-0.1, -0.05) is 0 Å². The molecule has 0 aromatic rings. The van der Waals surface area contributed by atoms with Gasteiger partial charge in [0, 0.05) is 0 Å². The zero-order valence-corrected chi connectivity index (χ0v) is 5.90. The summed E-state index contributed by atoms with van der Waals surface area (Å²) in [7, 11) is 0. The van der Waals surface area contributed by atoms with Gasteiger partial charge in [-0.3, -0.25) is 10.2 Å². The quantitative estimate of drug-likeness (QED) is 0.498. The van der Waals surface area contributed by atoms with E-state index in [0.29, 0.717) is 5.71 Å². The summed E-state index contributed by atoms with van der Waals surface area (Å²) in [5.74, 6) is -0.226. The third-order valence-corrected chi connectivity index (χ3v) is 1.63. The Hall–Kier alpha value is -1.52. The Morgan fingerprint density at radius 1 is 1.64 bits per heavy atom. The zero-order valence-electron chi connectivity index (χ0n) is 5.90. The van der Waals surface area contributed by atoms with Crippen molar-refractivity contribution in [1.82, 2.24) is 5.43 Å². The predicted molar refractivity (Wildman–Crippen MR) is 41.0 cm³/mol. The fourth-order valence-electron chi connectivity index (χ4n) is 1.05. The van der Waals surface area contributed by atoms with Crippen molar-refractivity contribution in [3.8, 4) is 0 Å². The van der Waals surface area contributed by atoms with E-state index < -0.39 is 6.04 Å². The molecular weight excluding hydrogens is 144 g/mol. The van der Waals surface area contributed by atoms with Crippen molar-refractivity contribution >= 4 is 23.7 Å². The average Bonchev–Trinajstić information content (AvgIpc) is 2.35. The molecule has 0 aliphatic carbocycles. The molecule has 0 aromatic heterocycles. The minimum Gasteiger partial charge on any atom is -0.291 e. The van der Waals surface area contributed by atoms with Crippen LogP contribution in [-0.2, 0) is 4.79 Å². The second kappa shape index (κ2) is 1.98. The molecule has 0 fully saturated rings. The fourth-order valence-corrected chi connectivity index (χ4v) is 1.05. The summed E-state index contributed by atoms with van der Waals surface area (Å²) in [4.78, 5) is 18.5. The van der Waals surface area contributed by atoms with Crippen molar-refractivity contribution in [1.29, 1.82) is 0 Å². The number of nitrogens with one attached hydrogen (secondary N) is 1. The molecule has 2 aliphatic rings. The molecule has 11 heavy (non-hydrogen) atoms. The number of carbonyl (C=O) groups excluding carboxylic acids is 1. The first kappa shape index (κ1) is 6.21. The van der Waals surface area contributed by atoms with Crippen molar-refractivity contribution in [3.05, 3.63) is 0 Å². The molecule has 1 amide bonds. The number of nitrogens with zero attached hydrogens (tertiary/aromatic N) is 3. The summed E-state index contributed by atoms with van der Waals surface area (Å²) in [5.41, 5.74) is 4.10. The van der Waals surface area contributed by atoms with E-state index in [4.69, 9.17) is 0 Å². The molecule has 0 aromatic carbocycles. The van der Waals surface area contributed by atoms with Crippen LogP contribution in [0.2, 0.25) is 0 Å². The lowest BCUT2D eigenvalue weighted by molar-refractivity contribution is -0.118. The lowest BCUT2D eigenvalue weighted by atomic mass is 10.1. The first-order chi connectivity index (χ1) is 5.29. The molecule has 2 heterocycles. The zero-order chi connectivity index (χ0) is 7.84. The van der Waals surface area contributed by atoms with Crippen molar-refractivity contribution in [2.45, 2.75) is 13.0 Å². The minimum absolute atomic E-state index is 0.226. The number of hydrogen-bond donors (Lipinski definition) is 1. The Morgan fingerprint density at radius 2 is 2.45 bits per heavy atom.